The maximum atomic E-state index is 11.8. The van der Waals surface area contributed by atoms with Crippen LogP contribution < -0.4 is 0 Å². The van der Waals surface area contributed by atoms with Crippen molar-refractivity contribution in [2.75, 3.05) is 7.11 Å². The van der Waals surface area contributed by atoms with Crippen molar-refractivity contribution >= 4 is 34.3 Å². The summed E-state index contributed by atoms with van der Waals surface area (Å²) in [7, 11) is 1.35. The summed E-state index contributed by atoms with van der Waals surface area (Å²) in [4.78, 5) is 23.6. The van der Waals surface area contributed by atoms with Gasteiger partial charge in [-0.2, -0.15) is 0 Å². The summed E-state index contributed by atoms with van der Waals surface area (Å²) in [6.45, 7) is 0. The second kappa shape index (κ2) is 3.32. The molecule has 4 heteroatoms. The molecule has 0 amide bonds. The summed E-state index contributed by atoms with van der Waals surface area (Å²) in [6.07, 6.45) is 4.15. The Hall–Kier alpha value is -0.390. The molecule has 0 aromatic heterocycles. The lowest BCUT2D eigenvalue weighted by molar-refractivity contribution is -0.155. The molecule has 76 valence electrons. The third-order valence-corrected chi connectivity index (χ3v) is 4.53. The Bertz CT molecular complexity index is 334. The number of hydrogen-bond donors (Lipinski definition) is 0. The van der Waals surface area contributed by atoms with Crippen LogP contribution in [0, 0.1) is 11.3 Å². The molecule has 3 nitrogen and oxygen atoms in total. The van der Waals surface area contributed by atoms with Crippen molar-refractivity contribution in [3.05, 3.63) is 9.66 Å². The minimum absolute atomic E-state index is 0.0347. The SMILES string of the molecule is COC(=O)[C@]12C(=O)CC[C@H]1CC=C2I. The van der Waals surface area contributed by atoms with Gasteiger partial charge in [0, 0.05) is 10.0 Å². The molecule has 0 aliphatic heterocycles. The molecule has 2 atom stereocenters. The number of carbonyl (C=O) groups excluding carboxylic acids is 2. The molecule has 2 aliphatic carbocycles. The average Bonchev–Trinajstić information content (AvgIpc) is 2.67. The third kappa shape index (κ3) is 1.03. The fraction of sp³-hybridized carbons (Fsp3) is 0.600. The minimum Gasteiger partial charge on any atom is -0.468 e. The van der Waals surface area contributed by atoms with E-state index in [1.807, 2.05) is 6.08 Å². The van der Waals surface area contributed by atoms with Gasteiger partial charge in [0.05, 0.1) is 7.11 Å². The summed E-state index contributed by atoms with van der Waals surface area (Å²) in [5, 5.41) is 0. The number of ketones is 1. The van der Waals surface area contributed by atoms with Gasteiger partial charge in [0.25, 0.3) is 0 Å². The van der Waals surface area contributed by atoms with Crippen molar-refractivity contribution in [3.63, 3.8) is 0 Å². The molecule has 0 unspecified atom stereocenters. The molecule has 0 bridgehead atoms. The van der Waals surface area contributed by atoms with Crippen molar-refractivity contribution in [2.45, 2.75) is 19.3 Å². The number of hydrogen-bond acceptors (Lipinski definition) is 3. The molecule has 2 rings (SSSR count). The maximum absolute atomic E-state index is 11.8. The fourth-order valence-electron chi connectivity index (χ4n) is 2.52. The lowest BCUT2D eigenvalue weighted by Gasteiger charge is -2.25. The van der Waals surface area contributed by atoms with E-state index < -0.39 is 5.41 Å². The van der Waals surface area contributed by atoms with E-state index in [0.29, 0.717) is 6.42 Å². The van der Waals surface area contributed by atoms with Crippen molar-refractivity contribution in [3.8, 4) is 0 Å². The van der Waals surface area contributed by atoms with E-state index in [2.05, 4.69) is 22.6 Å². The third-order valence-electron chi connectivity index (χ3n) is 3.24. The Kier molecular flexibility index (Phi) is 2.41. The largest absolute Gasteiger partial charge is 0.468 e. The van der Waals surface area contributed by atoms with Gasteiger partial charge in [-0.15, -0.1) is 0 Å². The van der Waals surface area contributed by atoms with Crippen LogP contribution in [0.1, 0.15) is 19.3 Å². The highest BCUT2D eigenvalue weighted by molar-refractivity contribution is 14.1. The number of carbonyl (C=O) groups is 2. The van der Waals surface area contributed by atoms with E-state index in [9.17, 15) is 9.59 Å². The van der Waals surface area contributed by atoms with Gasteiger partial charge in [0.1, 0.15) is 0 Å². The van der Waals surface area contributed by atoms with Crippen LogP contribution in [0.4, 0.5) is 0 Å². The molecule has 1 saturated carbocycles. The Morgan fingerprint density at radius 2 is 2.43 bits per heavy atom. The van der Waals surface area contributed by atoms with Gasteiger partial charge in [-0.3, -0.25) is 9.59 Å². The first kappa shape index (κ1) is 10.1. The lowest BCUT2D eigenvalue weighted by atomic mass is 9.80. The summed E-state index contributed by atoms with van der Waals surface area (Å²) in [5.74, 6) is -0.190. The van der Waals surface area contributed by atoms with E-state index in [1.54, 1.807) is 0 Å². The van der Waals surface area contributed by atoms with E-state index in [0.717, 1.165) is 16.4 Å². The number of rotatable bonds is 1. The molecule has 0 saturated heterocycles. The van der Waals surface area contributed by atoms with Crippen LogP contribution in [0.5, 0.6) is 0 Å². The molecule has 0 radical (unpaired) electrons. The van der Waals surface area contributed by atoms with Crippen LogP contribution in [-0.2, 0) is 14.3 Å². The molecule has 0 aromatic carbocycles. The zero-order chi connectivity index (χ0) is 10.3. The molecule has 2 aliphatic rings. The lowest BCUT2D eigenvalue weighted by Crippen LogP contribution is -2.39. The number of Topliss-reactive ketones (excluding diaryl/α,β-unsaturated/α-hetero) is 1. The van der Waals surface area contributed by atoms with Crippen LogP contribution >= 0.6 is 22.6 Å². The molecule has 0 N–H and O–H groups in total. The Morgan fingerprint density at radius 3 is 3.07 bits per heavy atom. The number of halogens is 1. The van der Waals surface area contributed by atoms with Crippen molar-refractivity contribution in [1.29, 1.82) is 0 Å². The van der Waals surface area contributed by atoms with Gasteiger partial charge in [0.2, 0.25) is 0 Å². The van der Waals surface area contributed by atoms with Crippen LogP contribution in [0.2, 0.25) is 0 Å². The second-order valence-corrected chi connectivity index (χ2v) is 4.91. The van der Waals surface area contributed by atoms with Gasteiger partial charge in [-0.05, 0) is 41.4 Å². The number of methoxy groups -OCH3 is 1. The van der Waals surface area contributed by atoms with Gasteiger partial charge >= 0.3 is 5.97 Å². The van der Waals surface area contributed by atoms with E-state index in [-0.39, 0.29) is 17.7 Å². The highest BCUT2D eigenvalue weighted by Gasteiger charge is 2.60. The van der Waals surface area contributed by atoms with Crippen molar-refractivity contribution in [2.24, 2.45) is 11.3 Å². The average molecular weight is 306 g/mol. The van der Waals surface area contributed by atoms with Crippen LogP contribution in [-0.4, -0.2) is 18.9 Å². The van der Waals surface area contributed by atoms with Crippen LogP contribution in [0.15, 0.2) is 9.66 Å². The Balaban J connectivity index is 2.49. The van der Waals surface area contributed by atoms with Gasteiger partial charge in [0.15, 0.2) is 11.2 Å². The zero-order valence-corrected chi connectivity index (χ0v) is 10.0. The van der Waals surface area contributed by atoms with Gasteiger partial charge in [-0.25, -0.2) is 0 Å². The highest BCUT2D eigenvalue weighted by atomic mass is 127. The first-order valence-corrected chi connectivity index (χ1v) is 5.69. The summed E-state index contributed by atoms with van der Waals surface area (Å²) in [6, 6.07) is 0. The quantitative estimate of drug-likeness (QED) is 0.422. The normalized spacial score (nSPS) is 35.4. The monoisotopic (exact) mass is 306 g/mol. The smallest absolute Gasteiger partial charge is 0.324 e. The zero-order valence-electron chi connectivity index (χ0n) is 7.88. The van der Waals surface area contributed by atoms with Crippen LogP contribution in [0.25, 0.3) is 0 Å². The van der Waals surface area contributed by atoms with E-state index >= 15 is 0 Å². The molecular weight excluding hydrogens is 295 g/mol. The molecule has 0 heterocycles. The fourth-order valence-corrected chi connectivity index (χ4v) is 3.73. The van der Waals surface area contributed by atoms with E-state index in [4.69, 9.17) is 4.74 Å². The number of ether oxygens (including phenoxy) is 1. The van der Waals surface area contributed by atoms with Crippen LogP contribution in [0.3, 0.4) is 0 Å². The number of esters is 1. The van der Waals surface area contributed by atoms with Crippen molar-refractivity contribution in [1.82, 2.24) is 0 Å². The Labute approximate surface area is 96.0 Å². The van der Waals surface area contributed by atoms with Gasteiger partial charge in [-0.1, -0.05) is 6.08 Å². The summed E-state index contributed by atoms with van der Waals surface area (Å²) < 4.78 is 5.63. The van der Waals surface area contributed by atoms with E-state index in [1.165, 1.54) is 7.11 Å². The number of allylic oxidation sites excluding steroid dienone is 1. The summed E-state index contributed by atoms with van der Waals surface area (Å²) >= 11 is 2.10. The molecule has 0 aromatic rings. The molecule has 0 spiro atoms. The molecule has 1 fully saturated rings. The minimum atomic E-state index is -0.921. The second-order valence-electron chi connectivity index (χ2n) is 3.75. The topological polar surface area (TPSA) is 43.4 Å². The Morgan fingerprint density at radius 1 is 1.71 bits per heavy atom. The van der Waals surface area contributed by atoms with Gasteiger partial charge < -0.3 is 4.74 Å². The highest BCUT2D eigenvalue weighted by Crippen LogP contribution is 2.55. The summed E-state index contributed by atoms with van der Waals surface area (Å²) in [5.41, 5.74) is -0.921. The molecular formula is C10H11IO3. The first-order chi connectivity index (χ1) is 6.64. The number of fused-ring (bicyclic) bond motifs is 1. The van der Waals surface area contributed by atoms with Crippen molar-refractivity contribution < 1.29 is 14.3 Å². The maximum Gasteiger partial charge on any atom is 0.324 e. The first-order valence-electron chi connectivity index (χ1n) is 4.62. The standard InChI is InChI=1S/C10H11IO3/c1-14-9(13)10-6(2-4-7(10)11)3-5-8(10)12/h4,6H,2-3,5H2,1H3/t6-,10-/m1/s1. The predicted octanol–water partition coefficient (Wildman–Crippen LogP) is 1.85. The molecule has 14 heavy (non-hydrogen) atoms. The predicted molar refractivity (Wildman–Crippen MR) is 58.9 cm³/mol.